The van der Waals surface area contributed by atoms with Crippen molar-refractivity contribution in [3.63, 3.8) is 0 Å². The first-order valence-electron chi connectivity index (χ1n) is 5.38. The zero-order chi connectivity index (χ0) is 11.9. The van der Waals surface area contributed by atoms with Crippen LogP contribution in [0.5, 0.6) is 0 Å². The molecule has 0 bridgehead atoms. The average Bonchev–Trinajstić information content (AvgIpc) is 2.57. The van der Waals surface area contributed by atoms with Crippen molar-refractivity contribution >= 4 is 26.8 Å². The number of rotatable bonds is 2. The van der Waals surface area contributed by atoms with E-state index in [1.807, 2.05) is 33.0 Å². The lowest BCUT2D eigenvalue weighted by Gasteiger charge is -2.28. The van der Waals surface area contributed by atoms with Gasteiger partial charge in [-0.3, -0.25) is 0 Å². The smallest absolute Gasteiger partial charge is 0.0795 e. The molecule has 0 aliphatic carbocycles. The number of halogens is 1. The van der Waals surface area contributed by atoms with Crippen LogP contribution in [0.2, 0.25) is 0 Å². The molecular weight excluding hydrogens is 266 g/mol. The third kappa shape index (κ3) is 2.02. The highest BCUT2D eigenvalue weighted by Gasteiger charge is 2.24. The fourth-order valence-electron chi connectivity index (χ4n) is 1.81. The zero-order valence-electron chi connectivity index (χ0n) is 9.74. The lowest BCUT2D eigenvalue weighted by molar-refractivity contribution is 0.0322. The summed E-state index contributed by atoms with van der Waals surface area (Å²) >= 11 is 3.46. The molecule has 1 aromatic carbocycles. The number of benzene rings is 1. The second-order valence-corrected chi connectivity index (χ2v) is 5.67. The zero-order valence-corrected chi connectivity index (χ0v) is 11.3. The topological polar surface area (TPSA) is 25.2 Å². The molecule has 2 nitrogen and oxygen atoms in total. The first kappa shape index (κ1) is 11.7. The predicted octanol–water partition coefficient (Wildman–Crippen LogP) is 3.74. The van der Waals surface area contributed by atoms with Crippen molar-refractivity contribution in [2.75, 3.05) is 0 Å². The van der Waals surface area contributed by atoms with Crippen molar-refractivity contribution < 1.29 is 5.11 Å². The summed E-state index contributed by atoms with van der Waals surface area (Å²) < 4.78 is 3.19. The molecule has 0 spiro atoms. The van der Waals surface area contributed by atoms with Crippen LogP contribution in [-0.2, 0) is 0 Å². The van der Waals surface area contributed by atoms with Gasteiger partial charge in [0.1, 0.15) is 0 Å². The molecule has 16 heavy (non-hydrogen) atoms. The summed E-state index contributed by atoms with van der Waals surface area (Å²) in [5.74, 6) is 0. The Morgan fingerprint density at radius 2 is 2.00 bits per heavy atom. The van der Waals surface area contributed by atoms with E-state index in [0.717, 1.165) is 9.99 Å². The molecule has 0 radical (unpaired) electrons. The highest BCUT2D eigenvalue weighted by molar-refractivity contribution is 9.10. The number of aliphatic hydroxyl groups is 1. The fourth-order valence-corrected chi connectivity index (χ4v) is 2.19. The van der Waals surface area contributed by atoms with Crippen LogP contribution in [0.1, 0.15) is 26.8 Å². The van der Waals surface area contributed by atoms with Gasteiger partial charge in [-0.2, -0.15) is 0 Å². The second kappa shape index (κ2) is 3.90. The highest BCUT2D eigenvalue weighted by Crippen LogP contribution is 2.28. The summed E-state index contributed by atoms with van der Waals surface area (Å²) in [6, 6.07) is 8.30. The van der Waals surface area contributed by atoms with E-state index >= 15 is 0 Å². The average molecular weight is 282 g/mol. The third-order valence-corrected chi connectivity index (χ3v) is 3.62. The Balaban J connectivity index is 2.54. The summed E-state index contributed by atoms with van der Waals surface area (Å²) in [5.41, 5.74) is 0.428. The van der Waals surface area contributed by atoms with Gasteiger partial charge in [-0.15, -0.1) is 0 Å². The summed E-state index contributed by atoms with van der Waals surface area (Å²) in [5, 5.41) is 11.2. The minimum absolute atomic E-state index is 0.0474. The summed E-state index contributed by atoms with van der Waals surface area (Å²) in [6.07, 6.45) is 2.03. The van der Waals surface area contributed by atoms with Gasteiger partial charge in [0.15, 0.2) is 0 Å². The highest BCUT2D eigenvalue weighted by atomic mass is 79.9. The van der Waals surface area contributed by atoms with Crippen LogP contribution in [0.25, 0.3) is 10.9 Å². The van der Waals surface area contributed by atoms with Crippen LogP contribution in [0.15, 0.2) is 34.9 Å². The largest absolute Gasteiger partial charge is 0.388 e. The number of hydrogen-bond acceptors (Lipinski definition) is 1. The lowest BCUT2D eigenvalue weighted by atomic mass is 10.0. The molecule has 0 aliphatic rings. The van der Waals surface area contributed by atoms with Gasteiger partial charge in [0.05, 0.1) is 11.6 Å². The van der Waals surface area contributed by atoms with Gasteiger partial charge < -0.3 is 9.67 Å². The van der Waals surface area contributed by atoms with E-state index in [-0.39, 0.29) is 6.04 Å². The lowest BCUT2D eigenvalue weighted by Crippen LogP contribution is -2.30. The van der Waals surface area contributed by atoms with Crippen LogP contribution in [0.4, 0.5) is 0 Å². The maximum absolute atomic E-state index is 10.0. The molecule has 1 heterocycles. The molecule has 0 amide bonds. The van der Waals surface area contributed by atoms with Gasteiger partial charge in [-0.05, 0) is 45.0 Å². The Hall–Kier alpha value is -0.800. The number of hydrogen-bond donors (Lipinski definition) is 1. The van der Waals surface area contributed by atoms with E-state index in [2.05, 4.69) is 38.7 Å². The fraction of sp³-hybridized carbons (Fsp3) is 0.385. The molecule has 1 atom stereocenters. The molecule has 0 fully saturated rings. The van der Waals surface area contributed by atoms with Crippen LogP contribution in [0, 0.1) is 0 Å². The van der Waals surface area contributed by atoms with Crippen LogP contribution in [0.3, 0.4) is 0 Å². The summed E-state index contributed by atoms with van der Waals surface area (Å²) in [4.78, 5) is 0. The minimum Gasteiger partial charge on any atom is -0.388 e. The van der Waals surface area contributed by atoms with Crippen molar-refractivity contribution in [3.05, 3.63) is 34.9 Å². The molecule has 3 heteroatoms. The van der Waals surface area contributed by atoms with Crippen LogP contribution >= 0.6 is 15.9 Å². The molecule has 1 N–H and O–H groups in total. The van der Waals surface area contributed by atoms with Gasteiger partial charge >= 0.3 is 0 Å². The molecular formula is C13H16BrNO. The molecule has 1 aromatic heterocycles. The summed E-state index contributed by atoms with van der Waals surface area (Å²) in [6.45, 7) is 5.70. The Kier molecular flexibility index (Phi) is 2.84. The molecule has 2 aromatic rings. The van der Waals surface area contributed by atoms with E-state index in [1.165, 1.54) is 5.39 Å². The predicted molar refractivity (Wildman–Crippen MR) is 70.6 cm³/mol. The number of fused-ring (bicyclic) bond motifs is 1. The molecule has 2 rings (SSSR count). The van der Waals surface area contributed by atoms with Crippen molar-refractivity contribution in [2.45, 2.75) is 32.4 Å². The van der Waals surface area contributed by atoms with Crippen molar-refractivity contribution in [1.29, 1.82) is 0 Å². The van der Waals surface area contributed by atoms with Gasteiger partial charge in [0.2, 0.25) is 0 Å². The van der Waals surface area contributed by atoms with Crippen LogP contribution < -0.4 is 0 Å². The van der Waals surface area contributed by atoms with Crippen molar-refractivity contribution in [3.8, 4) is 0 Å². The normalized spacial score (nSPS) is 14.3. The molecule has 0 saturated heterocycles. The third-order valence-electron chi connectivity index (χ3n) is 3.12. The Labute approximate surface area is 104 Å². The first-order chi connectivity index (χ1) is 7.39. The Morgan fingerprint density at radius 1 is 1.31 bits per heavy atom. The van der Waals surface area contributed by atoms with E-state index in [4.69, 9.17) is 0 Å². The number of aromatic nitrogens is 1. The van der Waals surface area contributed by atoms with Gasteiger partial charge in [0, 0.05) is 21.6 Å². The molecule has 86 valence electrons. The molecule has 0 saturated carbocycles. The van der Waals surface area contributed by atoms with Gasteiger partial charge in [-0.1, -0.05) is 15.9 Å². The maximum Gasteiger partial charge on any atom is 0.0795 e. The Bertz CT molecular complexity index is 510. The minimum atomic E-state index is -0.723. The SMILES string of the molecule is C[C@H](n1ccc2cc(Br)ccc21)C(C)(C)O. The van der Waals surface area contributed by atoms with E-state index < -0.39 is 5.60 Å². The maximum atomic E-state index is 10.0. The van der Waals surface area contributed by atoms with Crippen molar-refractivity contribution in [1.82, 2.24) is 4.57 Å². The quantitative estimate of drug-likeness (QED) is 0.892. The van der Waals surface area contributed by atoms with Gasteiger partial charge in [-0.25, -0.2) is 0 Å². The Morgan fingerprint density at radius 3 is 2.62 bits per heavy atom. The molecule has 0 aliphatic heterocycles. The summed E-state index contributed by atoms with van der Waals surface area (Å²) in [7, 11) is 0. The van der Waals surface area contributed by atoms with Crippen LogP contribution in [-0.4, -0.2) is 15.3 Å². The second-order valence-electron chi connectivity index (χ2n) is 4.76. The molecule has 0 unspecified atom stereocenters. The number of nitrogens with zero attached hydrogens (tertiary/aromatic N) is 1. The van der Waals surface area contributed by atoms with Crippen molar-refractivity contribution in [2.24, 2.45) is 0 Å². The van der Waals surface area contributed by atoms with E-state index in [9.17, 15) is 5.11 Å². The van der Waals surface area contributed by atoms with Gasteiger partial charge in [0.25, 0.3) is 0 Å². The standard InChI is InChI=1S/C13H16BrNO/c1-9(13(2,3)16)15-7-6-10-8-11(14)4-5-12(10)15/h4-9,16H,1-3H3/t9-/m0/s1. The first-order valence-corrected chi connectivity index (χ1v) is 6.17. The monoisotopic (exact) mass is 281 g/mol. The van der Waals surface area contributed by atoms with E-state index in [0.29, 0.717) is 0 Å². The van der Waals surface area contributed by atoms with E-state index in [1.54, 1.807) is 0 Å².